The number of rotatable bonds is 5. The molecule has 0 radical (unpaired) electrons. The molecule has 2 aromatic carbocycles. The first-order valence-electron chi connectivity index (χ1n) is 6.86. The van der Waals surface area contributed by atoms with Crippen molar-refractivity contribution in [2.45, 2.75) is 6.61 Å². The lowest BCUT2D eigenvalue weighted by Crippen LogP contribution is -2.34. The third kappa shape index (κ3) is 4.76. The average molecular weight is 313 g/mol. The van der Waals surface area contributed by atoms with Gasteiger partial charge in [0.2, 0.25) is 0 Å². The van der Waals surface area contributed by atoms with Crippen molar-refractivity contribution in [3.05, 3.63) is 71.3 Å². The lowest BCUT2D eigenvalue weighted by atomic mass is 10.1. The van der Waals surface area contributed by atoms with Gasteiger partial charge >= 0.3 is 5.97 Å². The first kappa shape index (κ1) is 16.4. The van der Waals surface area contributed by atoms with Crippen molar-refractivity contribution in [1.29, 1.82) is 0 Å². The minimum Gasteiger partial charge on any atom is -0.452 e. The van der Waals surface area contributed by atoms with E-state index in [1.165, 1.54) is 12.1 Å². The summed E-state index contributed by atoms with van der Waals surface area (Å²) >= 11 is 0. The Balaban J connectivity index is 1.83. The lowest BCUT2D eigenvalue weighted by molar-refractivity contribution is -0.123. The fraction of sp³-hybridized carbons (Fsp3) is 0.118. The van der Waals surface area contributed by atoms with Gasteiger partial charge in [-0.05, 0) is 29.8 Å². The Morgan fingerprint density at radius 2 is 1.57 bits per heavy atom. The van der Waals surface area contributed by atoms with Gasteiger partial charge in [-0.25, -0.2) is 4.79 Å². The van der Waals surface area contributed by atoms with Gasteiger partial charge in [-0.3, -0.25) is 14.9 Å². The maximum Gasteiger partial charge on any atom is 0.338 e. The molecule has 0 aliphatic rings. The molecule has 0 bridgehead atoms. The molecule has 0 aliphatic heterocycles. The minimum absolute atomic E-state index is 0.126. The molecule has 2 amide bonds. The maximum atomic E-state index is 11.8. The molecule has 6 heteroatoms. The molecule has 6 nitrogen and oxygen atoms in total. The van der Waals surface area contributed by atoms with Crippen molar-refractivity contribution < 1.29 is 24.2 Å². The maximum absolute atomic E-state index is 11.8. The Bertz CT molecular complexity index is 695. The Morgan fingerprint density at radius 1 is 0.913 bits per heavy atom. The van der Waals surface area contributed by atoms with Crippen LogP contribution in [0.15, 0.2) is 54.6 Å². The molecule has 0 atom stereocenters. The normalized spacial score (nSPS) is 9.96. The summed E-state index contributed by atoms with van der Waals surface area (Å²) < 4.78 is 4.83. The van der Waals surface area contributed by atoms with Crippen LogP contribution in [-0.2, 0) is 16.1 Å². The van der Waals surface area contributed by atoms with E-state index in [0.29, 0.717) is 11.1 Å². The van der Waals surface area contributed by atoms with E-state index in [0.717, 1.165) is 0 Å². The number of aliphatic hydroxyl groups is 1. The Hall–Kier alpha value is -2.99. The number of amides is 2. The summed E-state index contributed by atoms with van der Waals surface area (Å²) in [7, 11) is 0. The molecule has 0 unspecified atom stereocenters. The average Bonchev–Trinajstić information content (AvgIpc) is 2.60. The summed E-state index contributed by atoms with van der Waals surface area (Å²) in [6, 6.07) is 14.4. The number of nitrogens with one attached hydrogen (secondary N) is 1. The van der Waals surface area contributed by atoms with Crippen LogP contribution in [0, 0.1) is 0 Å². The van der Waals surface area contributed by atoms with Gasteiger partial charge < -0.3 is 9.84 Å². The molecule has 118 valence electrons. The van der Waals surface area contributed by atoms with E-state index in [-0.39, 0.29) is 12.2 Å². The zero-order valence-corrected chi connectivity index (χ0v) is 12.2. The highest BCUT2D eigenvalue weighted by Crippen LogP contribution is 2.06. The minimum atomic E-state index is -0.709. The standard InChI is InChI=1S/C17H15NO5/c19-10-12-6-8-14(9-7-12)17(22)23-11-15(20)18-16(21)13-4-2-1-3-5-13/h1-9,19H,10-11H2,(H,18,20,21). The molecule has 0 heterocycles. The van der Waals surface area contributed by atoms with Gasteiger partial charge in [0.1, 0.15) is 0 Å². The second-order valence-electron chi connectivity index (χ2n) is 4.67. The predicted molar refractivity (Wildman–Crippen MR) is 81.6 cm³/mol. The van der Waals surface area contributed by atoms with E-state index in [1.807, 2.05) is 0 Å². The second-order valence-corrected chi connectivity index (χ2v) is 4.67. The summed E-state index contributed by atoms with van der Waals surface area (Å²) in [6.45, 7) is -0.682. The first-order chi connectivity index (χ1) is 11.1. The molecule has 2 rings (SSSR count). The topological polar surface area (TPSA) is 92.7 Å². The number of ether oxygens (including phenoxy) is 1. The molecule has 0 saturated carbocycles. The zero-order chi connectivity index (χ0) is 16.7. The Labute approximate surface area is 132 Å². The molecular formula is C17H15NO5. The van der Waals surface area contributed by atoms with Crippen LogP contribution < -0.4 is 5.32 Å². The summed E-state index contributed by atoms with van der Waals surface area (Å²) in [4.78, 5) is 35.1. The molecule has 2 N–H and O–H groups in total. The number of carbonyl (C=O) groups is 3. The SMILES string of the molecule is O=C(COC(=O)c1ccc(CO)cc1)NC(=O)c1ccccc1. The van der Waals surface area contributed by atoms with Crippen molar-refractivity contribution in [2.75, 3.05) is 6.61 Å². The number of esters is 1. The largest absolute Gasteiger partial charge is 0.452 e. The van der Waals surface area contributed by atoms with Gasteiger partial charge in [0.05, 0.1) is 12.2 Å². The van der Waals surface area contributed by atoms with Crippen molar-refractivity contribution in [3.8, 4) is 0 Å². The highest BCUT2D eigenvalue weighted by Gasteiger charge is 2.13. The van der Waals surface area contributed by atoms with Crippen molar-refractivity contribution >= 4 is 17.8 Å². The van der Waals surface area contributed by atoms with Crippen molar-refractivity contribution in [2.24, 2.45) is 0 Å². The fourth-order valence-corrected chi connectivity index (χ4v) is 1.79. The quantitative estimate of drug-likeness (QED) is 0.812. The summed E-state index contributed by atoms with van der Waals surface area (Å²) in [5, 5.41) is 11.1. The molecule has 2 aromatic rings. The smallest absolute Gasteiger partial charge is 0.338 e. The van der Waals surface area contributed by atoms with Crippen LogP contribution in [0.4, 0.5) is 0 Å². The van der Waals surface area contributed by atoms with E-state index >= 15 is 0 Å². The molecule has 23 heavy (non-hydrogen) atoms. The van der Waals surface area contributed by atoms with Crippen LogP contribution >= 0.6 is 0 Å². The molecule has 0 aliphatic carbocycles. The van der Waals surface area contributed by atoms with Crippen LogP contribution in [-0.4, -0.2) is 29.5 Å². The molecule has 0 saturated heterocycles. The van der Waals surface area contributed by atoms with E-state index in [4.69, 9.17) is 9.84 Å². The first-order valence-corrected chi connectivity index (χ1v) is 6.86. The van der Waals surface area contributed by atoms with Crippen molar-refractivity contribution in [1.82, 2.24) is 5.32 Å². The third-order valence-electron chi connectivity index (χ3n) is 3.00. The second kappa shape index (κ2) is 7.86. The number of aliphatic hydroxyl groups excluding tert-OH is 1. The van der Waals surface area contributed by atoms with Crippen LogP contribution in [0.3, 0.4) is 0 Å². The molecule has 0 spiro atoms. The summed E-state index contributed by atoms with van der Waals surface area (Å²) in [6.07, 6.45) is 0. The van der Waals surface area contributed by atoms with E-state index in [1.54, 1.807) is 42.5 Å². The number of hydrogen-bond acceptors (Lipinski definition) is 5. The zero-order valence-electron chi connectivity index (χ0n) is 12.2. The number of benzene rings is 2. The van der Waals surface area contributed by atoms with Gasteiger partial charge in [-0.1, -0.05) is 30.3 Å². The van der Waals surface area contributed by atoms with Crippen LogP contribution in [0.2, 0.25) is 0 Å². The predicted octanol–water partition coefficient (Wildman–Crippen LogP) is 1.29. The molecule has 0 aromatic heterocycles. The van der Waals surface area contributed by atoms with E-state index in [2.05, 4.69) is 5.32 Å². The molecular weight excluding hydrogens is 298 g/mol. The summed E-state index contributed by atoms with van der Waals surface area (Å²) in [5.74, 6) is -1.95. The lowest BCUT2D eigenvalue weighted by Gasteiger charge is -2.06. The van der Waals surface area contributed by atoms with E-state index in [9.17, 15) is 14.4 Å². The van der Waals surface area contributed by atoms with Crippen LogP contribution in [0.25, 0.3) is 0 Å². The Morgan fingerprint density at radius 3 is 2.17 bits per heavy atom. The fourth-order valence-electron chi connectivity index (χ4n) is 1.79. The summed E-state index contributed by atoms with van der Waals surface area (Å²) in [5.41, 5.74) is 1.25. The van der Waals surface area contributed by atoms with Crippen molar-refractivity contribution in [3.63, 3.8) is 0 Å². The number of hydrogen-bond donors (Lipinski definition) is 2. The van der Waals surface area contributed by atoms with Crippen LogP contribution in [0.1, 0.15) is 26.3 Å². The molecule has 0 fully saturated rings. The Kier molecular flexibility index (Phi) is 5.60. The highest BCUT2D eigenvalue weighted by molar-refractivity contribution is 6.05. The van der Waals surface area contributed by atoms with Gasteiger partial charge in [0, 0.05) is 5.56 Å². The van der Waals surface area contributed by atoms with Crippen LogP contribution in [0.5, 0.6) is 0 Å². The monoisotopic (exact) mass is 313 g/mol. The van der Waals surface area contributed by atoms with Gasteiger partial charge in [-0.15, -0.1) is 0 Å². The van der Waals surface area contributed by atoms with Gasteiger partial charge in [-0.2, -0.15) is 0 Å². The van der Waals surface area contributed by atoms with Gasteiger partial charge in [0.25, 0.3) is 11.8 Å². The number of imide groups is 1. The van der Waals surface area contributed by atoms with E-state index < -0.39 is 24.4 Å². The van der Waals surface area contributed by atoms with Gasteiger partial charge in [0.15, 0.2) is 6.61 Å². The third-order valence-corrected chi connectivity index (χ3v) is 3.00. The number of carbonyl (C=O) groups excluding carboxylic acids is 3. The highest BCUT2D eigenvalue weighted by atomic mass is 16.5.